The molecule has 0 radical (unpaired) electrons. The van der Waals surface area contributed by atoms with E-state index in [4.69, 9.17) is 23.9 Å². The second kappa shape index (κ2) is 12.7. The van der Waals surface area contributed by atoms with Gasteiger partial charge in [-0.2, -0.15) is 0 Å². The SMILES string of the molecule is COCCOc1ccc2c(Nc3ccc(Oc4ccccc4)c(OC)c3)nc(C#CC3(O)CCCNC3)nc2c1. The van der Waals surface area contributed by atoms with Crippen LogP contribution in [0.5, 0.6) is 23.0 Å². The van der Waals surface area contributed by atoms with Gasteiger partial charge in [-0.15, -0.1) is 0 Å². The summed E-state index contributed by atoms with van der Waals surface area (Å²) in [6, 6.07) is 20.7. The number of aliphatic hydroxyl groups is 1. The second-order valence-electron chi connectivity index (χ2n) is 9.38. The van der Waals surface area contributed by atoms with E-state index in [0.717, 1.165) is 24.0 Å². The monoisotopic (exact) mass is 540 g/mol. The van der Waals surface area contributed by atoms with E-state index in [9.17, 15) is 5.11 Å². The predicted octanol–water partition coefficient (Wildman–Crippen LogP) is 4.67. The van der Waals surface area contributed by atoms with E-state index in [1.807, 2.05) is 66.7 Å². The first-order valence-corrected chi connectivity index (χ1v) is 13.1. The number of fused-ring (bicyclic) bond motifs is 1. The van der Waals surface area contributed by atoms with Gasteiger partial charge in [-0.25, -0.2) is 9.97 Å². The molecule has 5 rings (SSSR count). The van der Waals surface area contributed by atoms with Gasteiger partial charge in [0.1, 0.15) is 29.5 Å². The standard InChI is InChI=1S/C31H32N4O5/c1-37-17-18-39-24-10-11-25-26(20-24)34-29(13-15-31(36)14-6-16-32-21-31)35-30(25)33-22-9-12-27(28(19-22)38-2)40-23-7-4-3-5-8-23/h3-5,7-12,19-20,32,36H,6,14,16-18,21H2,1-2H3,(H,33,34,35). The third-order valence-electron chi connectivity index (χ3n) is 6.39. The van der Waals surface area contributed by atoms with Crippen molar-refractivity contribution >= 4 is 22.4 Å². The van der Waals surface area contributed by atoms with Crippen LogP contribution in [-0.2, 0) is 4.74 Å². The van der Waals surface area contributed by atoms with E-state index in [1.54, 1.807) is 14.2 Å². The van der Waals surface area contributed by atoms with Crippen LogP contribution in [0.25, 0.3) is 10.9 Å². The number of rotatable bonds is 9. The fraction of sp³-hybridized carbons (Fsp3) is 0.290. The minimum absolute atomic E-state index is 0.291. The van der Waals surface area contributed by atoms with Crippen molar-refractivity contribution in [1.29, 1.82) is 0 Å². The highest BCUT2D eigenvalue weighted by Gasteiger charge is 2.26. The Bertz CT molecular complexity index is 1510. The van der Waals surface area contributed by atoms with Crippen molar-refractivity contribution in [3.63, 3.8) is 0 Å². The molecule has 3 N–H and O–H groups in total. The van der Waals surface area contributed by atoms with Crippen LogP contribution in [0.1, 0.15) is 18.7 Å². The third-order valence-corrected chi connectivity index (χ3v) is 6.39. The van der Waals surface area contributed by atoms with Crippen LogP contribution in [0.4, 0.5) is 11.5 Å². The predicted molar refractivity (Wildman–Crippen MR) is 154 cm³/mol. The first-order valence-electron chi connectivity index (χ1n) is 13.1. The Labute approximate surface area is 233 Å². The molecule has 0 amide bonds. The van der Waals surface area contributed by atoms with Crippen molar-refractivity contribution in [1.82, 2.24) is 15.3 Å². The number of hydrogen-bond donors (Lipinski definition) is 3. The van der Waals surface area contributed by atoms with E-state index in [0.29, 0.717) is 66.3 Å². The van der Waals surface area contributed by atoms with E-state index in [2.05, 4.69) is 27.5 Å². The van der Waals surface area contributed by atoms with E-state index >= 15 is 0 Å². The molecule has 2 heterocycles. The molecule has 1 aromatic heterocycles. The number of anilines is 2. The number of benzene rings is 3. The van der Waals surface area contributed by atoms with E-state index < -0.39 is 5.60 Å². The number of nitrogens with zero attached hydrogens (tertiary/aromatic N) is 2. The maximum atomic E-state index is 10.8. The molecule has 1 fully saturated rings. The molecule has 1 saturated heterocycles. The molecule has 3 aromatic carbocycles. The quantitative estimate of drug-likeness (QED) is 0.206. The average Bonchev–Trinajstić information content (AvgIpc) is 2.98. The molecular formula is C31H32N4O5. The molecule has 9 heteroatoms. The van der Waals surface area contributed by atoms with Crippen LogP contribution < -0.4 is 24.8 Å². The Balaban J connectivity index is 1.48. The van der Waals surface area contributed by atoms with Gasteiger partial charge in [0.25, 0.3) is 0 Å². The fourth-order valence-electron chi connectivity index (χ4n) is 4.34. The third kappa shape index (κ3) is 6.79. The van der Waals surface area contributed by atoms with Gasteiger partial charge < -0.3 is 34.7 Å². The van der Waals surface area contributed by atoms with Gasteiger partial charge in [-0.05, 0) is 61.7 Å². The molecular weight excluding hydrogens is 508 g/mol. The van der Waals surface area contributed by atoms with Crippen LogP contribution >= 0.6 is 0 Å². The molecule has 1 aliphatic heterocycles. The number of para-hydroxylation sites is 1. The first-order chi connectivity index (χ1) is 19.5. The highest BCUT2D eigenvalue weighted by atomic mass is 16.5. The van der Waals surface area contributed by atoms with Crippen LogP contribution in [0.15, 0.2) is 66.7 Å². The smallest absolute Gasteiger partial charge is 0.207 e. The van der Waals surface area contributed by atoms with E-state index in [1.165, 1.54) is 0 Å². The molecule has 4 aromatic rings. The first kappa shape index (κ1) is 27.2. The Kier molecular flexibility index (Phi) is 8.62. The molecule has 1 aliphatic rings. The van der Waals surface area contributed by atoms with Crippen molar-refractivity contribution in [2.24, 2.45) is 0 Å². The largest absolute Gasteiger partial charge is 0.493 e. The van der Waals surface area contributed by atoms with Gasteiger partial charge in [0.05, 0.1) is 19.2 Å². The number of methoxy groups -OCH3 is 2. The van der Waals surface area contributed by atoms with Crippen molar-refractivity contribution in [2.45, 2.75) is 18.4 Å². The summed E-state index contributed by atoms with van der Waals surface area (Å²) < 4.78 is 22.5. The molecule has 40 heavy (non-hydrogen) atoms. The van der Waals surface area contributed by atoms with Crippen LogP contribution in [-0.4, -0.2) is 61.2 Å². The summed E-state index contributed by atoms with van der Waals surface area (Å²) in [6.07, 6.45) is 1.45. The summed E-state index contributed by atoms with van der Waals surface area (Å²) >= 11 is 0. The Morgan fingerprint density at radius 2 is 1.85 bits per heavy atom. The van der Waals surface area contributed by atoms with Crippen molar-refractivity contribution in [2.75, 3.05) is 45.8 Å². The van der Waals surface area contributed by atoms with Crippen molar-refractivity contribution in [3.8, 4) is 34.8 Å². The van der Waals surface area contributed by atoms with Crippen LogP contribution in [0.2, 0.25) is 0 Å². The summed E-state index contributed by atoms with van der Waals surface area (Å²) in [7, 11) is 3.23. The molecule has 0 saturated carbocycles. The number of aromatic nitrogens is 2. The van der Waals surface area contributed by atoms with Gasteiger partial charge in [0.15, 0.2) is 11.5 Å². The maximum absolute atomic E-state index is 10.8. The lowest BCUT2D eigenvalue weighted by Crippen LogP contribution is -2.44. The van der Waals surface area contributed by atoms with E-state index in [-0.39, 0.29) is 0 Å². The highest BCUT2D eigenvalue weighted by molar-refractivity contribution is 5.92. The van der Waals surface area contributed by atoms with Gasteiger partial charge in [-0.3, -0.25) is 0 Å². The van der Waals surface area contributed by atoms with Crippen LogP contribution in [0.3, 0.4) is 0 Å². The number of hydrogen-bond acceptors (Lipinski definition) is 9. The topological polar surface area (TPSA) is 107 Å². The Morgan fingerprint density at radius 3 is 2.62 bits per heavy atom. The maximum Gasteiger partial charge on any atom is 0.207 e. The summed E-state index contributed by atoms with van der Waals surface area (Å²) in [5.41, 5.74) is 0.283. The fourth-order valence-corrected chi connectivity index (χ4v) is 4.34. The molecule has 1 unspecified atom stereocenters. The molecule has 9 nitrogen and oxygen atoms in total. The number of ether oxygens (including phenoxy) is 4. The normalized spacial score (nSPS) is 16.6. The van der Waals surface area contributed by atoms with Crippen molar-refractivity contribution < 1.29 is 24.1 Å². The summed E-state index contributed by atoms with van der Waals surface area (Å²) in [5.74, 6) is 9.35. The van der Waals surface area contributed by atoms with Gasteiger partial charge in [0, 0.05) is 36.9 Å². The lowest BCUT2D eigenvalue weighted by Gasteiger charge is -2.27. The number of β-amino-alcohol motifs (C(OH)–C–C–N with tert-alkyl or cyclic N) is 1. The van der Waals surface area contributed by atoms with Crippen molar-refractivity contribution in [3.05, 3.63) is 72.6 Å². The lowest BCUT2D eigenvalue weighted by molar-refractivity contribution is 0.0736. The minimum Gasteiger partial charge on any atom is -0.493 e. The Morgan fingerprint density at radius 1 is 0.975 bits per heavy atom. The Hall–Kier alpha value is -4.36. The van der Waals surface area contributed by atoms with Gasteiger partial charge in [0.2, 0.25) is 5.82 Å². The highest BCUT2D eigenvalue weighted by Crippen LogP contribution is 2.35. The zero-order valence-electron chi connectivity index (χ0n) is 22.6. The molecule has 0 spiro atoms. The molecule has 1 atom stereocenters. The number of piperidine rings is 1. The number of nitrogens with one attached hydrogen (secondary N) is 2. The molecule has 0 bridgehead atoms. The second-order valence-corrected chi connectivity index (χ2v) is 9.38. The summed E-state index contributed by atoms with van der Waals surface area (Å²) in [6.45, 7) is 2.17. The van der Waals surface area contributed by atoms with Gasteiger partial charge >= 0.3 is 0 Å². The molecule has 0 aliphatic carbocycles. The lowest BCUT2D eigenvalue weighted by atomic mass is 9.95. The summed E-state index contributed by atoms with van der Waals surface area (Å²) in [4.78, 5) is 9.37. The van der Waals surface area contributed by atoms with Gasteiger partial charge in [-0.1, -0.05) is 24.1 Å². The average molecular weight is 541 g/mol. The van der Waals surface area contributed by atoms with Crippen LogP contribution in [0, 0.1) is 11.8 Å². The minimum atomic E-state index is -1.11. The molecule has 206 valence electrons. The zero-order chi connectivity index (χ0) is 27.8. The zero-order valence-corrected chi connectivity index (χ0v) is 22.6. The summed E-state index contributed by atoms with van der Waals surface area (Å²) in [5, 5.41) is 18.2.